The average Bonchev–Trinajstić information content (AvgIpc) is 3.05. The van der Waals surface area contributed by atoms with Crippen LogP contribution in [-0.2, 0) is 17.5 Å². The van der Waals surface area contributed by atoms with Crippen molar-refractivity contribution in [3.8, 4) is 5.75 Å². The fourth-order valence-electron chi connectivity index (χ4n) is 2.88. The van der Waals surface area contributed by atoms with Gasteiger partial charge in [-0.1, -0.05) is 11.6 Å². The molecule has 154 valence electrons. The van der Waals surface area contributed by atoms with Gasteiger partial charge in [-0.05, 0) is 43.4 Å². The molecule has 0 aliphatic rings. The zero-order chi connectivity index (χ0) is 21.2. The fraction of sp³-hybridized carbons (Fsp3) is 0.263. The number of aromatic nitrogens is 2. The molecule has 0 aliphatic heterocycles. The standard InChI is InChI=1S/C19H18ClF3N4O2/c1-27(9-11-7-12(20)3-6-16(11)29-2)10-17(28)24-13-4-5-14-15(8-13)26-18(25-14)19(21,22)23/h3-8H,9-10H2,1-2H3,(H,24,28)(H,25,26). The number of carbonyl (C=O) groups is 1. The maximum atomic E-state index is 12.8. The van der Waals surface area contributed by atoms with Gasteiger partial charge in [0.25, 0.3) is 0 Å². The summed E-state index contributed by atoms with van der Waals surface area (Å²) in [5.74, 6) is -0.735. The predicted octanol–water partition coefficient (Wildman–Crippen LogP) is 4.31. The second-order valence-corrected chi connectivity index (χ2v) is 6.93. The molecule has 0 unspecified atom stereocenters. The van der Waals surface area contributed by atoms with E-state index in [0.717, 1.165) is 5.56 Å². The van der Waals surface area contributed by atoms with Gasteiger partial charge in [0.15, 0.2) is 0 Å². The number of aromatic amines is 1. The topological polar surface area (TPSA) is 70.2 Å². The first-order chi connectivity index (χ1) is 13.7. The number of carbonyl (C=O) groups excluding carboxylic acids is 1. The zero-order valence-electron chi connectivity index (χ0n) is 15.6. The van der Waals surface area contributed by atoms with Crippen LogP contribution in [0.2, 0.25) is 5.02 Å². The molecule has 3 aromatic rings. The number of rotatable bonds is 6. The Balaban J connectivity index is 1.65. The summed E-state index contributed by atoms with van der Waals surface area (Å²) < 4.78 is 43.5. The first-order valence-corrected chi connectivity index (χ1v) is 8.91. The van der Waals surface area contributed by atoms with Crippen molar-refractivity contribution in [1.29, 1.82) is 0 Å². The molecule has 1 amide bonds. The highest BCUT2D eigenvalue weighted by Crippen LogP contribution is 2.29. The summed E-state index contributed by atoms with van der Waals surface area (Å²) in [6.07, 6.45) is -4.56. The summed E-state index contributed by atoms with van der Waals surface area (Å²) in [7, 11) is 3.31. The largest absolute Gasteiger partial charge is 0.496 e. The molecule has 1 heterocycles. The number of ether oxygens (including phenoxy) is 1. The number of anilines is 1. The number of halogens is 4. The minimum absolute atomic E-state index is 0.0600. The van der Waals surface area contributed by atoms with E-state index in [9.17, 15) is 18.0 Å². The van der Waals surface area contributed by atoms with E-state index in [0.29, 0.717) is 23.0 Å². The molecular weight excluding hydrogens is 409 g/mol. The summed E-state index contributed by atoms with van der Waals surface area (Å²) >= 11 is 6.02. The lowest BCUT2D eigenvalue weighted by atomic mass is 10.2. The van der Waals surface area contributed by atoms with Crippen LogP contribution in [0.3, 0.4) is 0 Å². The average molecular weight is 427 g/mol. The Kier molecular flexibility index (Phi) is 5.99. The number of nitrogens with one attached hydrogen (secondary N) is 2. The van der Waals surface area contributed by atoms with Gasteiger partial charge in [-0.15, -0.1) is 0 Å². The second kappa shape index (κ2) is 8.30. The van der Waals surface area contributed by atoms with E-state index in [1.165, 1.54) is 18.2 Å². The van der Waals surface area contributed by atoms with E-state index in [1.807, 2.05) is 0 Å². The predicted molar refractivity (Wildman–Crippen MR) is 104 cm³/mol. The molecule has 0 bridgehead atoms. The maximum Gasteiger partial charge on any atom is 0.449 e. The zero-order valence-corrected chi connectivity index (χ0v) is 16.4. The van der Waals surface area contributed by atoms with E-state index >= 15 is 0 Å². The van der Waals surface area contributed by atoms with E-state index in [1.54, 1.807) is 37.3 Å². The molecule has 0 radical (unpaired) electrons. The number of hydrogen-bond donors (Lipinski definition) is 2. The molecule has 0 saturated heterocycles. The van der Waals surface area contributed by atoms with Crippen molar-refractivity contribution in [3.63, 3.8) is 0 Å². The first-order valence-electron chi connectivity index (χ1n) is 8.53. The molecule has 0 fully saturated rings. The fourth-order valence-corrected chi connectivity index (χ4v) is 3.08. The molecule has 10 heteroatoms. The highest BCUT2D eigenvalue weighted by Gasteiger charge is 2.34. The Bertz CT molecular complexity index is 1040. The van der Waals surface area contributed by atoms with Gasteiger partial charge in [-0.2, -0.15) is 13.2 Å². The van der Waals surface area contributed by atoms with Crippen molar-refractivity contribution in [3.05, 3.63) is 52.8 Å². The van der Waals surface area contributed by atoms with Crippen LogP contribution in [0, 0.1) is 0 Å². The summed E-state index contributed by atoms with van der Waals surface area (Å²) in [5, 5.41) is 3.23. The quantitative estimate of drug-likeness (QED) is 0.616. The number of imidazole rings is 1. The second-order valence-electron chi connectivity index (χ2n) is 6.49. The lowest BCUT2D eigenvalue weighted by molar-refractivity contribution is -0.144. The van der Waals surface area contributed by atoms with E-state index in [-0.39, 0.29) is 23.5 Å². The third-order valence-corrected chi connectivity index (χ3v) is 4.37. The van der Waals surface area contributed by atoms with Crippen LogP contribution < -0.4 is 10.1 Å². The van der Waals surface area contributed by atoms with Crippen LogP contribution in [0.25, 0.3) is 11.0 Å². The Hall–Kier alpha value is -2.78. The van der Waals surface area contributed by atoms with E-state index in [4.69, 9.17) is 16.3 Å². The van der Waals surface area contributed by atoms with Crippen LogP contribution in [-0.4, -0.2) is 41.5 Å². The van der Waals surface area contributed by atoms with Crippen LogP contribution in [0.4, 0.5) is 18.9 Å². The molecular formula is C19H18ClF3N4O2. The molecule has 1 aromatic heterocycles. The van der Waals surface area contributed by atoms with E-state index in [2.05, 4.69) is 15.3 Å². The number of fused-ring (bicyclic) bond motifs is 1. The van der Waals surface area contributed by atoms with Gasteiger partial charge >= 0.3 is 6.18 Å². The monoisotopic (exact) mass is 426 g/mol. The highest BCUT2D eigenvalue weighted by atomic mass is 35.5. The SMILES string of the molecule is COc1ccc(Cl)cc1CN(C)CC(=O)Nc1ccc2nc(C(F)(F)F)[nH]c2c1. The Labute approximate surface area is 169 Å². The van der Waals surface area contributed by atoms with Gasteiger partial charge in [0, 0.05) is 22.8 Å². The Morgan fingerprint density at radius 3 is 2.72 bits per heavy atom. The van der Waals surface area contributed by atoms with Crippen LogP contribution in [0.5, 0.6) is 5.75 Å². The minimum Gasteiger partial charge on any atom is -0.496 e. The Morgan fingerprint density at radius 2 is 2.03 bits per heavy atom. The molecule has 0 aliphatic carbocycles. The van der Waals surface area contributed by atoms with Gasteiger partial charge in [0.2, 0.25) is 11.7 Å². The molecule has 0 atom stereocenters. The molecule has 0 saturated carbocycles. The number of methoxy groups -OCH3 is 1. The van der Waals surface area contributed by atoms with E-state index < -0.39 is 12.0 Å². The van der Waals surface area contributed by atoms with Crippen molar-refractivity contribution in [2.45, 2.75) is 12.7 Å². The molecule has 29 heavy (non-hydrogen) atoms. The number of H-pyrrole nitrogens is 1. The smallest absolute Gasteiger partial charge is 0.449 e. The molecule has 3 rings (SSSR count). The molecule has 2 N–H and O–H groups in total. The third-order valence-electron chi connectivity index (χ3n) is 4.13. The number of hydrogen-bond acceptors (Lipinski definition) is 4. The van der Waals surface area contributed by atoms with Crippen LogP contribution in [0.1, 0.15) is 11.4 Å². The number of benzene rings is 2. The molecule has 6 nitrogen and oxygen atoms in total. The normalized spacial score (nSPS) is 11.8. The van der Waals surface area contributed by atoms with Crippen LogP contribution >= 0.6 is 11.6 Å². The summed E-state index contributed by atoms with van der Waals surface area (Å²) in [6, 6.07) is 9.56. The number of likely N-dealkylation sites (N-methyl/N-ethyl adjacent to an activating group) is 1. The van der Waals surface area contributed by atoms with Crippen molar-refractivity contribution >= 4 is 34.2 Å². The minimum atomic E-state index is -4.56. The van der Waals surface area contributed by atoms with Gasteiger partial charge in [0.05, 0.1) is 24.7 Å². The van der Waals surface area contributed by atoms with Crippen LogP contribution in [0.15, 0.2) is 36.4 Å². The maximum absolute atomic E-state index is 12.8. The van der Waals surface area contributed by atoms with Crippen molar-refractivity contribution < 1.29 is 22.7 Å². The van der Waals surface area contributed by atoms with Gasteiger partial charge in [0.1, 0.15) is 5.75 Å². The summed E-state index contributed by atoms with van der Waals surface area (Å²) in [5.41, 5.74) is 1.55. The Morgan fingerprint density at radius 1 is 1.28 bits per heavy atom. The highest BCUT2D eigenvalue weighted by molar-refractivity contribution is 6.30. The first kappa shape index (κ1) is 20.9. The number of amides is 1. The summed E-state index contributed by atoms with van der Waals surface area (Å²) in [6.45, 7) is 0.482. The lowest BCUT2D eigenvalue weighted by Crippen LogP contribution is -2.30. The van der Waals surface area contributed by atoms with Gasteiger partial charge in [-0.25, -0.2) is 4.98 Å². The van der Waals surface area contributed by atoms with Crippen molar-refractivity contribution in [2.24, 2.45) is 0 Å². The number of alkyl halides is 3. The van der Waals surface area contributed by atoms with Crippen molar-refractivity contribution in [2.75, 3.05) is 26.0 Å². The third kappa shape index (κ3) is 5.18. The van der Waals surface area contributed by atoms with Gasteiger partial charge in [-0.3, -0.25) is 9.69 Å². The number of nitrogens with zero attached hydrogens (tertiary/aromatic N) is 2. The molecule has 0 spiro atoms. The lowest BCUT2D eigenvalue weighted by Gasteiger charge is -2.18. The summed E-state index contributed by atoms with van der Waals surface area (Å²) in [4.78, 5) is 19.8. The van der Waals surface area contributed by atoms with Crippen molar-refractivity contribution in [1.82, 2.24) is 14.9 Å². The van der Waals surface area contributed by atoms with Gasteiger partial charge < -0.3 is 15.0 Å². The molecule has 2 aromatic carbocycles.